The van der Waals surface area contributed by atoms with E-state index in [2.05, 4.69) is 15.4 Å². The van der Waals surface area contributed by atoms with Crippen LogP contribution in [-0.2, 0) is 13.0 Å². The molecule has 0 bridgehead atoms. The van der Waals surface area contributed by atoms with E-state index in [-0.39, 0.29) is 5.56 Å². The Hall–Kier alpha value is -2.21. The fourth-order valence-corrected chi connectivity index (χ4v) is 2.74. The van der Waals surface area contributed by atoms with Crippen molar-refractivity contribution < 1.29 is 0 Å². The van der Waals surface area contributed by atoms with Crippen molar-refractivity contribution in [3.05, 3.63) is 57.5 Å². The molecule has 0 aliphatic heterocycles. The average Bonchev–Trinajstić information content (AvgIpc) is 2.90. The Bertz CT molecular complexity index is 779. The third-order valence-corrected chi connectivity index (χ3v) is 3.94. The van der Waals surface area contributed by atoms with Crippen molar-refractivity contribution in [2.45, 2.75) is 19.9 Å². The van der Waals surface area contributed by atoms with Crippen LogP contribution in [0.2, 0.25) is 0 Å². The third kappa shape index (κ3) is 2.55. The third-order valence-electron chi connectivity index (χ3n) is 2.89. The van der Waals surface area contributed by atoms with Crippen molar-refractivity contribution in [3.63, 3.8) is 0 Å². The van der Waals surface area contributed by atoms with Crippen LogP contribution in [0.5, 0.6) is 0 Å². The van der Waals surface area contributed by atoms with Gasteiger partial charge < -0.3 is 5.32 Å². The molecule has 3 aromatic rings. The first-order valence-electron chi connectivity index (χ1n) is 6.44. The van der Waals surface area contributed by atoms with Crippen LogP contribution >= 0.6 is 11.3 Å². The van der Waals surface area contributed by atoms with Gasteiger partial charge in [0.2, 0.25) is 4.96 Å². The second-order valence-electron chi connectivity index (χ2n) is 4.35. The molecule has 0 radical (unpaired) electrons. The average molecular weight is 286 g/mol. The molecule has 1 N–H and O–H groups in total. The largest absolute Gasteiger partial charge is 0.379 e. The van der Waals surface area contributed by atoms with Crippen LogP contribution in [0.1, 0.15) is 17.6 Å². The van der Waals surface area contributed by atoms with Gasteiger partial charge in [0.25, 0.3) is 5.56 Å². The topological polar surface area (TPSA) is 59.3 Å². The number of nitrogens with one attached hydrogen (secondary N) is 1. The lowest BCUT2D eigenvalue weighted by atomic mass is 10.3. The molecule has 0 amide bonds. The highest BCUT2D eigenvalue weighted by molar-refractivity contribution is 7.16. The Morgan fingerprint density at radius 2 is 2.10 bits per heavy atom. The van der Waals surface area contributed by atoms with Crippen molar-refractivity contribution in [1.82, 2.24) is 14.6 Å². The van der Waals surface area contributed by atoms with E-state index in [9.17, 15) is 4.79 Å². The molecular formula is C14H14N4OS. The number of benzene rings is 1. The molecule has 0 atom stereocenters. The van der Waals surface area contributed by atoms with Crippen LogP contribution in [0.15, 0.2) is 41.2 Å². The van der Waals surface area contributed by atoms with E-state index in [1.807, 2.05) is 37.3 Å². The Morgan fingerprint density at radius 3 is 2.85 bits per heavy atom. The number of anilines is 1. The van der Waals surface area contributed by atoms with Crippen molar-refractivity contribution in [2.24, 2.45) is 0 Å². The maximum Gasteiger partial charge on any atom is 0.275 e. The molecular weight excluding hydrogens is 272 g/mol. The van der Waals surface area contributed by atoms with Crippen LogP contribution < -0.4 is 10.9 Å². The van der Waals surface area contributed by atoms with Crippen LogP contribution in [0.3, 0.4) is 0 Å². The highest BCUT2D eigenvalue weighted by Crippen LogP contribution is 2.12. The van der Waals surface area contributed by atoms with Gasteiger partial charge in [0.05, 0.1) is 12.2 Å². The van der Waals surface area contributed by atoms with Crippen LogP contribution in [0.25, 0.3) is 4.96 Å². The monoisotopic (exact) mass is 286 g/mol. The van der Waals surface area contributed by atoms with E-state index >= 15 is 0 Å². The number of hydrogen-bond acceptors (Lipinski definition) is 5. The highest BCUT2D eigenvalue weighted by atomic mass is 32.1. The number of aromatic nitrogens is 3. The summed E-state index contributed by atoms with van der Waals surface area (Å²) in [4.78, 5) is 17.1. The Kier molecular flexibility index (Phi) is 3.47. The molecule has 0 spiro atoms. The molecule has 0 aliphatic carbocycles. The zero-order chi connectivity index (χ0) is 13.9. The number of hydrogen-bond donors (Lipinski definition) is 1. The molecule has 20 heavy (non-hydrogen) atoms. The minimum atomic E-state index is -0.129. The van der Waals surface area contributed by atoms with Crippen LogP contribution in [-0.4, -0.2) is 14.6 Å². The van der Waals surface area contributed by atoms with Gasteiger partial charge in [-0.05, 0) is 18.6 Å². The maximum atomic E-state index is 12.0. The number of aryl methyl sites for hydroxylation is 1. The number of para-hydroxylation sites is 1. The van der Waals surface area contributed by atoms with Gasteiger partial charge in [-0.2, -0.15) is 9.61 Å². The molecule has 3 rings (SSSR count). The molecule has 5 nitrogen and oxygen atoms in total. The van der Waals surface area contributed by atoms with Crippen molar-refractivity contribution in [2.75, 3.05) is 5.32 Å². The van der Waals surface area contributed by atoms with Crippen molar-refractivity contribution in [1.29, 1.82) is 0 Å². The summed E-state index contributed by atoms with van der Waals surface area (Å²) in [6, 6.07) is 11.4. The van der Waals surface area contributed by atoms with Gasteiger partial charge in [0, 0.05) is 11.8 Å². The van der Waals surface area contributed by atoms with Gasteiger partial charge in [-0.25, -0.2) is 4.98 Å². The second kappa shape index (κ2) is 5.42. The quantitative estimate of drug-likeness (QED) is 0.799. The molecule has 2 aromatic heterocycles. The van der Waals surface area contributed by atoms with Crippen LogP contribution in [0.4, 0.5) is 5.69 Å². The molecule has 2 heterocycles. The molecule has 0 unspecified atom stereocenters. The summed E-state index contributed by atoms with van der Waals surface area (Å²) in [7, 11) is 0. The summed E-state index contributed by atoms with van der Waals surface area (Å²) in [6.07, 6.45) is 0.811. The predicted molar refractivity (Wildman–Crippen MR) is 80.3 cm³/mol. The van der Waals surface area contributed by atoms with E-state index in [0.717, 1.165) is 22.8 Å². The first kappa shape index (κ1) is 12.8. The lowest BCUT2D eigenvalue weighted by Gasteiger charge is -2.05. The first-order valence-corrected chi connectivity index (χ1v) is 7.25. The number of nitrogens with zero attached hydrogens (tertiary/aromatic N) is 3. The number of rotatable bonds is 4. The van der Waals surface area contributed by atoms with E-state index in [1.54, 1.807) is 0 Å². The van der Waals surface area contributed by atoms with Crippen molar-refractivity contribution >= 4 is 22.0 Å². The summed E-state index contributed by atoms with van der Waals surface area (Å²) in [6.45, 7) is 2.54. The fourth-order valence-electron chi connectivity index (χ4n) is 1.88. The minimum absolute atomic E-state index is 0.129. The van der Waals surface area contributed by atoms with E-state index in [4.69, 9.17) is 0 Å². The molecule has 0 saturated heterocycles. The standard InChI is InChI=1S/C14H14N4OS/c1-2-12-17-18-13(19)8-11(16-14(18)20-12)9-15-10-6-4-3-5-7-10/h3-8,15H,2,9H2,1H3. The van der Waals surface area contributed by atoms with Crippen LogP contribution in [0, 0.1) is 0 Å². The summed E-state index contributed by atoms with van der Waals surface area (Å²) in [5.41, 5.74) is 1.61. The van der Waals surface area contributed by atoms with Gasteiger partial charge in [-0.15, -0.1) is 0 Å². The molecule has 1 aromatic carbocycles. The summed E-state index contributed by atoms with van der Waals surface area (Å²) >= 11 is 1.46. The first-order chi connectivity index (χ1) is 9.76. The Labute approximate surface area is 119 Å². The molecule has 0 saturated carbocycles. The molecule has 102 valence electrons. The minimum Gasteiger partial charge on any atom is -0.379 e. The molecule has 0 aliphatic rings. The van der Waals surface area contributed by atoms with E-state index in [0.29, 0.717) is 11.5 Å². The Balaban J connectivity index is 1.87. The predicted octanol–water partition coefficient (Wildman–Crippen LogP) is 2.33. The van der Waals surface area contributed by atoms with Gasteiger partial charge in [0.1, 0.15) is 5.01 Å². The fraction of sp³-hybridized carbons (Fsp3) is 0.214. The van der Waals surface area contributed by atoms with Gasteiger partial charge >= 0.3 is 0 Å². The summed E-state index contributed by atoms with van der Waals surface area (Å²) < 4.78 is 1.37. The SMILES string of the molecule is CCc1nn2c(=O)cc(CNc3ccccc3)nc2s1. The normalized spacial score (nSPS) is 10.8. The summed E-state index contributed by atoms with van der Waals surface area (Å²) in [5, 5.41) is 8.40. The van der Waals surface area contributed by atoms with Crippen molar-refractivity contribution in [3.8, 4) is 0 Å². The lowest BCUT2D eigenvalue weighted by molar-refractivity contribution is 0.846. The highest BCUT2D eigenvalue weighted by Gasteiger charge is 2.07. The van der Waals surface area contributed by atoms with E-state index in [1.165, 1.54) is 21.9 Å². The number of fused-ring (bicyclic) bond motifs is 1. The van der Waals surface area contributed by atoms with E-state index < -0.39 is 0 Å². The molecule has 6 heteroatoms. The van der Waals surface area contributed by atoms with Gasteiger partial charge in [0.15, 0.2) is 0 Å². The Morgan fingerprint density at radius 1 is 1.30 bits per heavy atom. The molecule has 0 fully saturated rings. The zero-order valence-corrected chi connectivity index (χ0v) is 11.9. The smallest absolute Gasteiger partial charge is 0.275 e. The van der Waals surface area contributed by atoms with Gasteiger partial charge in [-0.1, -0.05) is 36.5 Å². The second-order valence-corrected chi connectivity index (χ2v) is 5.39. The summed E-state index contributed by atoms with van der Waals surface area (Å²) in [5.74, 6) is 0. The lowest BCUT2D eigenvalue weighted by Crippen LogP contribution is -2.16. The zero-order valence-electron chi connectivity index (χ0n) is 11.0. The maximum absolute atomic E-state index is 12.0. The van der Waals surface area contributed by atoms with Gasteiger partial charge in [-0.3, -0.25) is 4.79 Å².